The van der Waals surface area contributed by atoms with Gasteiger partial charge >= 0.3 is 5.97 Å². The fourth-order valence-corrected chi connectivity index (χ4v) is 3.90. The second kappa shape index (κ2) is 6.61. The van der Waals surface area contributed by atoms with E-state index in [1.807, 2.05) is 6.92 Å². The molecule has 0 saturated carbocycles. The quantitative estimate of drug-likeness (QED) is 0.442. The third-order valence-electron chi connectivity index (χ3n) is 5.04. The first-order valence-electron chi connectivity index (χ1n) is 7.83. The van der Waals surface area contributed by atoms with Gasteiger partial charge in [0, 0.05) is 12.3 Å². The van der Waals surface area contributed by atoms with Crippen LogP contribution in [-0.2, 0) is 18.8 Å². The van der Waals surface area contributed by atoms with E-state index in [0.717, 1.165) is 6.29 Å². The van der Waals surface area contributed by atoms with Gasteiger partial charge in [-0.3, -0.25) is 4.79 Å². The lowest BCUT2D eigenvalue weighted by Gasteiger charge is -2.46. The molecule has 1 saturated heterocycles. The number of esters is 1. The minimum atomic E-state index is -1.94. The molecule has 0 aromatic carbocycles. The Morgan fingerprint density at radius 1 is 1.29 bits per heavy atom. The molecular weight excluding hydrogens is 284 g/mol. The van der Waals surface area contributed by atoms with Gasteiger partial charge < -0.3 is 14.0 Å². The molecule has 4 atom stereocenters. The number of rotatable bonds is 5. The molecule has 0 bridgehead atoms. The average molecular weight is 314 g/mol. The number of ether oxygens (including phenoxy) is 1. The van der Waals surface area contributed by atoms with Crippen molar-refractivity contribution < 1.29 is 18.8 Å². The zero-order chi connectivity index (χ0) is 16.4. The highest BCUT2D eigenvalue weighted by Gasteiger charge is 2.47. The zero-order valence-corrected chi connectivity index (χ0v) is 15.4. The number of carbonyl (C=O) groups is 2. The van der Waals surface area contributed by atoms with E-state index in [2.05, 4.69) is 40.8 Å². The molecule has 0 N–H and O–H groups in total. The summed E-state index contributed by atoms with van der Waals surface area (Å²) in [6.45, 7) is 14.9. The maximum atomic E-state index is 12.1. The lowest BCUT2D eigenvalue weighted by molar-refractivity contribution is -0.176. The summed E-state index contributed by atoms with van der Waals surface area (Å²) < 4.78 is 12.0. The van der Waals surface area contributed by atoms with E-state index < -0.39 is 8.32 Å². The molecule has 0 aromatic rings. The summed E-state index contributed by atoms with van der Waals surface area (Å²) in [5.41, 5.74) is 0. The zero-order valence-electron chi connectivity index (χ0n) is 14.4. The second-order valence-corrected chi connectivity index (χ2v) is 12.5. The lowest BCUT2D eigenvalue weighted by Crippen LogP contribution is -2.54. The van der Waals surface area contributed by atoms with Crippen LogP contribution >= 0.6 is 0 Å². The van der Waals surface area contributed by atoms with Crippen molar-refractivity contribution in [1.82, 2.24) is 0 Å². The molecule has 0 spiro atoms. The molecule has 0 aliphatic carbocycles. The van der Waals surface area contributed by atoms with Gasteiger partial charge in [-0.1, -0.05) is 27.7 Å². The maximum Gasteiger partial charge on any atom is 0.311 e. The Kier molecular flexibility index (Phi) is 5.78. The highest BCUT2D eigenvalue weighted by molar-refractivity contribution is 6.74. The molecular formula is C16H30O4Si. The van der Waals surface area contributed by atoms with Crippen molar-refractivity contribution in [3.05, 3.63) is 0 Å². The van der Waals surface area contributed by atoms with Crippen molar-refractivity contribution in [1.29, 1.82) is 0 Å². The third kappa shape index (κ3) is 4.16. The smallest absolute Gasteiger partial charge is 0.311 e. The van der Waals surface area contributed by atoms with E-state index in [1.54, 1.807) is 0 Å². The number of hydrogen-bond acceptors (Lipinski definition) is 4. The third-order valence-corrected chi connectivity index (χ3v) is 9.52. The van der Waals surface area contributed by atoms with Crippen LogP contribution in [0.2, 0.25) is 18.1 Å². The van der Waals surface area contributed by atoms with Crippen LogP contribution in [0.1, 0.15) is 47.5 Å². The summed E-state index contributed by atoms with van der Waals surface area (Å²) in [6, 6.07) is 0. The van der Waals surface area contributed by atoms with E-state index in [4.69, 9.17) is 9.16 Å². The van der Waals surface area contributed by atoms with Crippen molar-refractivity contribution in [3.8, 4) is 0 Å². The van der Waals surface area contributed by atoms with Crippen molar-refractivity contribution in [2.45, 2.75) is 77.8 Å². The van der Waals surface area contributed by atoms with Gasteiger partial charge in [0.1, 0.15) is 12.4 Å². The summed E-state index contributed by atoms with van der Waals surface area (Å²) >= 11 is 0. The summed E-state index contributed by atoms with van der Waals surface area (Å²) in [5, 5.41) is 0.103. The highest BCUT2D eigenvalue weighted by Crippen LogP contribution is 2.41. The average Bonchev–Trinajstić information content (AvgIpc) is 2.36. The number of cyclic esters (lactones) is 1. The minimum Gasteiger partial charge on any atom is -0.462 e. The molecule has 1 rings (SSSR count). The van der Waals surface area contributed by atoms with Crippen LogP contribution in [0.4, 0.5) is 0 Å². The van der Waals surface area contributed by atoms with Crippen LogP contribution in [0.5, 0.6) is 0 Å². The van der Waals surface area contributed by atoms with Crippen LogP contribution in [0.15, 0.2) is 0 Å². The fraction of sp³-hybridized carbons (Fsp3) is 0.875. The number of carbonyl (C=O) groups excluding carboxylic acids is 2. The standard InChI is InChI=1S/C16H30O4Si/c1-11-13(9-8-10-17)19-15(18)12(2)14(11)20-21(6,7)16(3,4)5/h10-14H,8-9H2,1-7H3/t11-,12+,13-,14-/m0/s1. The summed E-state index contributed by atoms with van der Waals surface area (Å²) in [7, 11) is -1.94. The number of hydrogen-bond donors (Lipinski definition) is 0. The monoisotopic (exact) mass is 314 g/mol. The molecule has 4 nitrogen and oxygen atoms in total. The van der Waals surface area contributed by atoms with Gasteiger partial charge in [0.15, 0.2) is 8.32 Å². The van der Waals surface area contributed by atoms with Gasteiger partial charge in [0.05, 0.1) is 12.0 Å². The molecule has 0 aromatic heterocycles. The molecule has 1 fully saturated rings. The Bertz CT molecular complexity index is 386. The van der Waals surface area contributed by atoms with Crippen molar-refractivity contribution >= 4 is 20.6 Å². The van der Waals surface area contributed by atoms with Gasteiger partial charge in [-0.15, -0.1) is 0 Å². The van der Waals surface area contributed by atoms with Crippen LogP contribution < -0.4 is 0 Å². The van der Waals surface area contributed by atoms with Gasteiger partial charge in [0.2, 0.25) is 0 Å². The highest BCUT2D eigenvalue weighted by atomic mass is 28.4. The molecule has 1 heterocycles. The van der Waals surface area contributed by atoms with E-state index in [1.165, 1.54) is 0 Å². The molecule has 0 unspecified atom stereocenters. The summed E-state index contributed by atoms with van der Waals surface area (Å²) in [4.78, 5) is 22.7. The summed E-state index contributed by atoms with van der Waals surface area (Å²) in [6.07, 6.45) is 1.55. The molecule has 0 amide bonds. The maximum absolute atomic E-state index is 12.1. The SMILES string of the molecule is C[C@@H]1[C@H](O[Si](C)(C)C(C)(C)C)[C@@H](C)C(=O)O[C@H]1CCC=O. The van der Waals surface area contributed by atoms with Crippen molar-refractivity contribution in [2.24, 2.45) is 11.8 Å². The topological polar surface area (TPSA) is 52.6 Å². The Labute approximate surface area is 129 Å². The lowest BCUT2D eigenvalue weighted by atomic mass is 9.85. The van der Waals surface area contributed by atoms with E-state index in [-0.39, 0.29) is 35.1 Å². The molecule has 122 valence electrons. The second-order valence-electron chi connectivity index (χ2n) is 7.71. The predicted octanol–water partition coefficient (Wildman–Crippen LogP) is 3.55. The van der Waals surface area contributed by atoms with Gasteiger partial charge in [-0.2, -0.15) is 0 Å². The fourth-order valence-electron chi connectivity index (χ4n) is 2.45. The number of aldehydes is 1. The first kappa shape index (κ1) is 18.4. The first-order valence-corrected chi connectivity index (χ1v) is 10.7. The Morgan fingerprint density at radius 3 is 2.33 bits per heavy atom. The molecule has 5 heteroatoms. The van der Waals surface area contributed by atoms with E-state index >= 15 is 0 Å². The van der Waals surface area contributed by atoms with Gasteiger partial charge in [0.25, 0.3) is 0 Å². The van der Waals surface area contributed by atoms with Crippen LogP contribution in [0.3, 0.4) is 0 Å². The Balaban J connectivity index is 2.91. The van der Waals surface area contributed by atoms with Crippen LogP contribution in [0.25, 0.3) is 0 Å². The largest absolute Gasteiger partial charge is 0.462 e. The van der Waals surface area contributed by atoms with Gasteiger partial charge in [-0.25, -0.2) is 0 Å². The van der Waals surface area contributed by atoms with Crippen molar-refractivity contribution in [3.63, 3.8) is 0 Å². The molecule has 1 aliphatic rings. The summed E-state index contributed by atoms with van der Waals surface area (Å²) in [5.74, 6) is -0.332. The predicted molar refractivity (Wildman–Crippen MR) is 85.6 cm³/mol. The first-order chi connectivity index (χ1) is 9.51. The molecule has 1 aliphatic heterocycles. The van der Waals surface area contributed by atoms with Crippen molar-refractivity contribution in [2.75, 3.05) is 0 Å². The molecule has 0 radical (unpaired) electrons. The Morgan fingerprint density at radius 2 is 1.86 bits per heavy atom. The van der Waals surface area contributed by atoms with E-state index in [9.17, 15) is 9.59 Å². The molecule has 21 heavy (non-hydrogen) atoms. The van der Waals surface area contributed by atoms with Gasteiger partial charge in [-0.05, 0) is 31.5 Å². The normalized spacial score (nSPS) is 30.9. The van der Waals surface area contributed by atoms with E-state index in [0.29, 0.717) is 12.8 Å². The Hall–Kier alpha value is -0.683. The minimum absolute atomic E-state index is 0.103. The van der Waals surface area contributed by atoms with Crippen LogP contribution in [-0.4, -0.2) is 32.8 Å². The van der Waals surface area contributed by atoms with Crippen LogP contribution in [0, 0.1) is 11.8 Å².